The first-order valence-electron chi connectivity index (χ1n) is 5.96. The third-order valence-corrected chi connectivity index (χ3v) is 2.46. The Morgan fingerprint density at radius 2 is 1.95 bits per heavy atom. The van der Waals surface area contributed by atoms with E-state index in [9.17, 15) is 13.2 Å². The summed E-state index contributed by atoms with van der Waals surface area (Å²) in [6.07, 6.45) is -4.40. The van der Waals surface area contributed by atoms with E-state index in [1.165, 1.54) is 18.2 Å². The topological polar surface area (TPSA) is 30.5 Å². The van der Waals surface area contributed by atoms with Crippen LogP contribution in [-0.2, 0) is 10.9 Å². The maximum absolute atomic E-state index is 12.7. The van der Waals surface area contributed by atoms with Gasteiger partial charge in [0.1, 0.15) is 12.4 Å². The normalized spacial score (nSPS) is 13.3. The summed E-state index contributed by atoms with van der Waals surface area (Å²) in [6.45, 7) is 3.09. The lowest BCUT2D eigenvalue weighted by molar-refractivity contribution is -0.138. The number of nitrogens with one attached hydrogen (secondary N) is 1. The summed E-state index contributed by atoms with van der Waals surface area (Å²) in [5.74, 6) is -0.142. The highest BCUT2D eigenvalue weighted by molar-refractivity contribution is 5.35. The summed E-state index contributed by atoms with van der Waals surface area (Å²) in [5.41, 5.74) is -0.750. The molecular weight excluding hydrogens is 259 g/mol. The highest BCUT2D eigenvalue weighted by Crippen LogP contribution is 2.35. The van der Waals surface area contributed by atoms with Gasteiger partial charge in [-0.05, 0) is 19.1 Å². The van der Waals surface area contributed by atoms with Crippen molar-refractivity contribution >= 4 is 0 Å². The molecule has 0 aliphatic carbocycles. The molecule has 0 aliphatic rings. The Morgan fingerprint density at radius 1 is 1.26 bits per heavy atom. The number of rotatable bonds is 7. The molecule has 0 spiro atoms. The summed E-state index contributed by atoms with van der Waals surface area (Å²) in [5, 5.41) is 3.08. The zero-order chi connectivity index (χ0) is 14.3. The van der Waals surface area contributed by atoms with Crippen LogP contribution >= 0.6 is 0 Å². The second-order valence-electron chi connectivity index (χ2n) is 4.15. The molecule has 1 rings (SSSR count). The fraction of sp³-hybridized carbons (Fsp3) is 0.538. The lowest BCUT2D eigenvalue weighted by atomic mass is 10.2. The SMILES string of the molecule is COCC(C)NCCOc1ccccc1C(F)(F)F. The number of methoxy groups -OCH3 is 1. The van der Waals surface area contributed by atoms with Crippen LogP contribution in [0.15, 0.2) is 24.3 Å². The third kappa shape index (κ3) is 5.48. The fourth-order valence-electron chi connectivity index (χ4n) is 1.60. The molecule has 1 aromatic carbocycles. The molecule has 0 saturated carbocycles. The Bertz CT molecular complexity index is 382. The minimum atomic E-state index is -4.40. The van der Waals surface area contributed by atoms with Crippen molar-refractivity contribution in [3.8, 4) is 5.75 Å². The van der Waals surface area contributed by atoms with Gasteiger partial charge in [0.25, 0.3) is 0 Å². The predicted molar refractivity (Wildman–Crippen MR) is 66.3 cm³/mol. The molecule has 0 radical (unpaired) electrons. The molecule has 1 unspecified atom stereocenters. The number of para-hydroxylation sites is 1. The average Bonchev–Trinajstić information content (AvgIpc) is 2.34. The van der Waals surface area contributed by atoms with Crippen LogP contribution in [0.1, 0.15) is 12.5 Å². The van der Waals surface area contributed by atoms with E-state index in [2.05, 4.69) is 5.32 Å². The van der Waals surface area contributed by atoms with E-state index >= 15 is 0 Å². The van der Waals surface area contributed by atoms with Gasteiger partial charge in [-0.25, -0.2) is 0 Å². The largest absolute Gasteiger partial charge is 0.492 e. The highest BCUT2D eigenvalue weighted by Gasteiger charge is 2.33. The molecule has 0 aliphatic heterocycles. The van der Waals surface area contributed by atoms with Gasteiger partial charge < -0.3 is 14.8 Å². The first-order valence-corrected chi connectivity index (χ1v) is 5.96. The van der Waals surface area contributed by atoms with Crippen LogP contribution in [0.4, 0.5) is 13.2 Å². The zero-order valence-electron chi connectivity index (χ0n) is 11.0. The van der Waals surface area contributed by atoms with Crippen LogP contribution in [0.2, 0.25) is 0 Å². The summed E-state index contributed by atoms with van der Waals surface area (Å²) in [4.78, 5) is 0. The van der Waals surface area contributed by atoms with Crippen LogP contribution in [-0.4, -0.2) is 32.9 Å². The van der Waals surface area contributed by atoms with Gasteiger partial charge in [0.2, 0.25) is 0 Å². The smallest absolute Gasteiger partial charge is 0.419 e. The fourth-order valence-corrected chi connectivity index (χ4v) is 1.60. The number of halogens is 3. The minimum absolute atomic E-state index is 0.131. The maximum atomic E-state index is 12.7. The molecule has 1 atom stereocenters. The minimum Gasteiger partial charge on any atom is -0.492 e. The Hall–Kier alpha value is -1.27. The maximum Gasteiger partial charge on any atom is 0.419 e. The van der Waals surface area contributed by atoms with Crippen LogP contribution in [0, 0.1) is 0 Å². The van der Waals surface area contributed by atoms with Crippen molar-refractivity contribution in [1.82, 2.24) is 5.32 Å². The van der Waals surface area contributed by atoms with Crippen molar-refractivity contribution in [2.24, 2.45) is 0 Å². The lowest BCUT2D eigenvalue weighted by Crippen LogP contribution is -2.33. The Labute approximate surface area is 110 Å². The molecule has 0 heterocycles. The number of alkyl halides is 3. The van der Waals surface area contributed by atoms with Crippen molar-refractivity contribution in [1.29, 1.82) is 0 Å². The quantitative estimate of drug-likeness (QED) is 0.777. The van der Waals surface area contributed by atoms with Gasteiger partial charge >= 0.3 is 6.18 Å². The first kappa shape index (κ1) is 15.8. The van der Waals surface area contributed by atoms with Crippen LogP contribution < -0.4 is 10.1 Å². The van der Waals surface area contributed by atoms with Crippen molar-refractivity contribution < 1.29 is 22.6 Å². The summed E-state index contributed by atoms with van der Waals surface area (Å²) < 4.78 is 48.1. The van der Waals surface area contributed by atoms with Gasteiger partial charge in [-0.15, -0.1) is 0 Å². The van der Waals surface area contributed by atoms with Crippen LogP contribution in [0.5, 0.6) is 5.75 Å². The van der Waals surface area contributed by atoms with E-state index < -0.39 is 11.7 Å². The molecule has 0 fully saturated rings. The summed E-state index contributed by atoms with van der Waals surface area (Å²) >= 11 is 0. The first-order chi connectivity index (χ1) is 8.95. The van der Waals surface area contributed by atoms with E-state index in [1.807, 2.05) is 6.92 Å². The molecule has 19 heavy (non-hydrogen) atoms. The van der Waals surface area contributed by atoms with E-state index in [0.717, 1.165) is 6.07 Å². The van der Waals surface area contributed by atoms with E-state index in [0.29, 0.717) is 13.2 Å². The van der Waals surface area contributed by atoms with Gasteiger partial charge in [0.05, 0.1) is 12.2 Å². The van der Waals surface area contributed by atoms with Crippen molar-refractivity contribution in [3.63, 3.8) is 0 Å². The summed E-state index contributed by atoms with van der Waals surface area (Å²) in [6, 6.07) is 5.32. The molecule has 108 valence electrons. The summed E-state index contributed by atoms with van der Waals surface area (Å²) in [7, 11) is 1.59. The average molecular weight is 277 g/mol. The standard InChI is InChI=1S/C13H18F3NO2/c1-10(9-18-2)17-7-8-19-12-6-4-3-5-11(12)13(14,15)16/h3-6,10,17H,7-9H2,1-2H3. The molecule has 1 N–H and O–H groups in total. The molecule has 0 aromatic heterocycles. The molecule has 0 saturated heterocycles. The number of benzene rings is 1. The van der Waals surface area contributed by atoms with Gasteiger partial charge in [-0.3, -0.25) is 0 Å². The van der Waals surface area contributed by atoms with Gasteiger partial charge in [-0.2, -0.15) is 13.2 Å². The molecule has 0 bridgehead atoms. The van der Waals surface area contributed by atoms with Crippen molar-refractivity contribution in [2.75, 3.05) is 26.9 Å². The van der Waals surface area contributed by atoms with Gasteiger partial charge in [0.15, 0.2) is 0 Å². The second kappa shape index (κ2) is 7.35. The molecule has 3 nitrogen and oxygen atoms in total. The molecular formula is C13H18F3NO2. The third-order valence-electron chi connectivity index (χ3n) is 2.46. The number of hydrogen-bond acceptors (Lipinski definition) is 3. The van der Waals surface area contributed by atoms with Crippen LogP contribution in [0.3, 0.4) is 0 Å². The molecule has 6 heteroatoms. The second-order valence-corrected chi connectivity index (χ2v) is 4.15. The Balaban J connectivity index is 2.46. The van der Waals surface area contributed by atoms with Gasteiger partial charge in [-0.1, -0.05) is 12.1 Å². The van der Waals surface area contributed by atoms with E-state index in [4.69, 9.17) is 9.47 Å². The zero-order valence-corrected chi connectivity index (χ0v) is 11.0. The number of ether oxygens (including phenoxy) is 2. The lowest BCUT2D eigenvalue weighted by Gasteiger charge is -2.15. The van der Waals surface area contributed by atoms with Gasteiger partial charge in [0, 0.05) is 19.7 Å². The van der Waals surface area contributed by atoms with E-state index in [1.54, 1.807) is 7.11 Å². The Kier molecular flexibility index (Phi) is 6.11. The number of hydrogen-bond donors (Lipinski definition) is 1. The highest BCUT2D eigenvalue weighted by atomic mass is 19.4. The van der Waals surface area contributed by atoms with Crippen molar-refractivity contribution in [3.05, 3.63) is 29.8 Å². The Morgan fingerprint density at radius 3 is 2.58 bits per heavy atom. The molecule has 0 amide bonds. The van der Waals surface area contributed by atoms with E-state index in [-0.39, 0.29) is 18.4 Å². The van der Waals surface area contributed by atoms with Crippen LogP contribution in [0.25, 0.3) is 0 Å². The monoisotopic (exact) mass is 277 g/mol. The predicted octanol–water partition coefficient (Wildman–Crippen LogP) is 2.71. The van der Waals surface area contributed by atoms with Crippen molar-refractivity contribution in [2.45, 2.75) is 19.1 Å². The molecule has 1 aromatic rings.